The number of carbonyl (C=O) groups excluding carboxylic acids is 4. The van der Waals surface area contributed by atoms with Crippen molar-refractivity contribution in [2.75, 3.05) is 6.54 Å². The van der Waals surface area contributed by atoms with Gasteiger partial charge in [-0.15, -0.1) is 0 Å². The van der Waals surface area contributed by atoms with Gasteiger partial charge < -0.3 is 4.84 Å². The van der Waals surface area contributed by atoms with Crippen molar-refractivity contribution in [2.45, 2.75) is 149 Å². The third-order valence-corrected chi connectivity index (χ3v) is 6.55. The van der Waals surface area contributed by atoms with Gasteiger partial charge in [0.25, 0.3) is 0 Å². The minimum absolute atomic E-state index is 0.00688. The van der Waals surface area contributed by atoms with Gasteiger partial charge in [-0.2, -0.15) is 0 Å². The first-order valence-corrected chi connectivity index (χ1v) is 15.2. The van der Waals surface area contributed by atoms with Crippen LogP contribution < -0.4 is 0 Å². The molecule has 0 N–H and O–H groups in total. The molecule has 4 amide bonds. The first-order chi connectivity index (χ1) is 18.3. The number of hydrogen-bond acceptors (Lipinski definition) is 6. The van der Waals surface area contributed by atoms with Crippen molar-refractivity contribution in [3.8, 4) is 0 Å². The number of oxime groups is 1. The van der Waals surface area contributed by atoms with Crippen molar-refractivity contribution < 1.29 is 24.0 Å². The molecular weight excluding hydrogens is 530 g/mol. The number of rotatable bonds is 2. The van der Waals surface area contributed by atoms with E-state index in [1.807, 2.05) is 110 Å². The van der Waals surface area contributed by atoms with E-state index in [1.165, 1.54) is 9.80 Å². The second-order valence-electron chi connectivity index (χ2n) is 18.2. The number of hydrogen-bond donors (Lipinski definition) is 0. The van der Waals surface area contributed by atoms with E-state index in [9.17, 15) is 19.2 Å². The second-order valence-corrected chi connectivity index (χ2v) is 18.2. The molecule has 2 heterocycles. The maximum Gasteiger partial charge on any atom is 0.233 e. The summed E-state index contributed by atoms with van der Waals surface area (Å²) < 4.78 is 0. The molecule has 42 heavy (non-hydrogen) atoms. The fourth-order valence-electron chi connectivity index (χ4n) is 4.36. The number of carbonyl (C=O) groups is 4. The van der Waals surface area contributed by atoms with Crippen LogP contribution in [0, 0.1) is 33.5 Å². The van der Waals surface area contributed by atoms with Crippen LogP contribution in [0.5, 0.6) is 0 Å². The summed E-state index contributed by atoms with van der Waals surface area (Å²) in [5, 5.41) is 3.89. The first-order valence-electron chi connectivity index (χ1n) is 15.2. The largest absolute Gasteiger partial charge is 0.390 e. The summed E-state index contributed by atoms with van der Waals surface area (Å²) in [6.07, 6.45) is 2.55. The van der Waals surface area contributed by atoms with E-state index < -0.39 is 5.54 Å². The van der Waals surface area contributed by atoms with Crippen LogP contribution in [0.2, 0.25) is 0 Å². The van der Waals surface area contributed by atoms with E-state index in [2.05, 4.69) is 25.9 Å². The standard InChI is InChI=1S/C13H23NO2.C12H21NO2.C9H19NO/c1-12(2,3)8-14-10(15)7-9(11(14)16)13(4,5)6;1-11(2,3)8-7-9(14)13(10(8)15)12(4,5)6;1-8(2,3)7-10-11-9(4,5)6/h9H,7-8H2,1-6H3;8H,7H2,1-6H3;7H,1-6H3/b;;10-7+. The van der Waals surface area contributed by atoms with Gasteiger partial charge in [0.2, 0.25) is 23.6 Å². The Balaban J connectivity index is 0.000000612. The molecule has 2 unspecified atom stereocenters. The Bertz CT molecular complexity index is 987. The van der Waals surface area contributed by atoms with E-state index in [4.69, 9.17) is 4.84 Å². The molecule has 0 aromatic heterocycles. The third kappa shape index (κ3) is 13.8. The summed E-state index contributed by atoms with van der Waals surface area (Å²) >= 11 is 0. The molecule has 0 spiro atoms. The predicted octanol–water partition coefficient (Wildman–Crippen LogP) is 7.49. The van der Waals surface area contributed by atoms with E-state index in [0.29, 0.717) is 19.4 Å². The average molecular weight is 594 g/mol. The molecule has 8 nitrogen and oxygen atoms in total. The summed E-state index contributed by atoms with van der Waals surface area (Å²) in [7, 11) is 0. The molecule has 2 fully saturated rings. The van der Waals surface area contributed by atoms with E-state index in [-0.39, 0.29) is 62.7 Å². The molecule has 0 saturated carbocycles. The van der Waals surface area contributed by atoms with E-state index >= 15 is 0 Å². The highest BCUT2D eigenvalue weighted by molar-refractivity contribution is 6.05. The second kappa shape index (κ2) is 13.6. The monoisotopic (exact) mass is 593 g/mol. The van der Waals surface area contributed by atoms with Crippen LogP contribution in [-0.4, -0.2) is 57.3 Å². The van der Waals surface area contributed by atoms with Crippen molar-refractivity contribution in [3.63, 3.8) is 0 Å². The van der Waals surface area contributed by atoms with Crippen molar-refractivity contribution in [1.82, 2.24) is 9.80 Å². The Morgan fingerprint density at radius 3 is 1.33 bits per heavy atom. The summed E-state index contributed by atoms with van der Waals surface area (Å²) in [5.41, 5.74) is -0.759. The van der Waals surface area contributed by atoms with Gasteiger partial charge in [-0.1, -0.05) is 88.2 Å². The maximum absolute atomic E-state index is 12.1. The van der Waals surface area contributed by atoms with E-state index in [0.717, 1.165) is 0 Å². The molecular formula is C34H63N3O5. The minimum Gasteiger partial charge on any atom is -0.390 e. The average Bonchev–Trinajstić information content (AvgIpc) is 3.15. The highest BCUT2D eigenvalue weighted by atomic mass is 16.6. The molecule has 2 rings (SSSR count). The zero-order valence-corrected chi connectivity index (χ0v) is 30.2. The van der Waals surface area contributed by atoms with Crippen LogP contribution in [-0.2, 0) is 24.0 Å². The van der Waals surface area contributed by atoms with Crippen LogP contribution in [0.3, 0.4) is 0 Å². The molecule has 0 radical (unpaired) electrons. The Morgan fingerprint density at radius 1 is 0.667 bits per heavy atom. The van der Waals surface area contributed by atoms with Gasteiger partial charge in [-0.25, -0.2) is 0 Å². The van der Waals surface area contributed by atoms with Gasteiger partial charge in [0.1, 0.15) is 5.60 Å². The predicted molar refractivity (Wildman–Crippen MR) is 172 cm³/mol. The lowest BCUT2D eigenvalue weighted by atomic mass is 9.80. The van der Waals surface area contributed by atoms with Gasteiger partial charge in [-0.05, 0) is 57.8 Å². The Hall–Kier alpha value is -2.25. The third-order valence-electron chi connectivity index (χ3n) is 6.55. The fraction of sp³-hybridized carbons (Fsp3) is 0.853. The van der Waals surface area contributed by atoms with Gasteiger partial charge in [-0.3, -0.25) is 29.0 Å². The van der Waals surface area contributed by atoms with Crippen LogP contribution in [0.1, 0.15) is 137 Å². The lowest BCUT2D eigenvalue weighted by Crippen LogP contribution is -2.46. The molecule has 0 aromatic rings. The minimum atomic E-state index is -0.395. The zero-order chi connectivity index (χ0) is 33.9. The van der Waals surface area contributed by atoms with Crippen molar-refractivity contribution >= 4 is 29.8 Å². The summed E-state index contributed by atoms with van der Waals surface area (Å²) in [5.74, 6) is -0.369. The van der Waals surface area contributed by atoms with Gasteiger partial charge >= 0.3 is 0 Å². The normalized spacial score (nSPS) is 21.0. The molecule has 0 aromatic carbocycles. The molecule has 244 valence electrons. The highest BCUT2D eigenvalue weighted by Crippen LogP contribution is 2.38. The van der Waals surface area contributed by atoms with Gasteiger partial charge in [0, 0.05) is 36.6 Å². The van der Waals surface area contributed by atoms with Crippen molar-refractivity contribution in [3.05, 3.63) is 0 Å². The van der Waals surface area contributed by atoms with Crippen LogP contribution in [0.4, 0.5) is 0 Å². The molecule has 2 saturated heterocycles. The van der Waals surface area contributed by atoms with E-state index in [1.54, 1.807) is 0 Å². The number of nitrogens with zero attached hydrogens (tertiary/aromatic N) is 3. The fourth-order valence-corrected chi connectivity index (χ4v) is 4.36. The van der Waals surface area contributed by atoms with Crippen LogP contribution in [0.15, 0.2) is 5.16 Å². The van der Waals surface area contributed by atoms with Crippen LogP contribution >= 0.6 is 0 Å². The molecule has 0 bridgehead atoms. The lowest BCUT2D eigenvalue weighted by molar-refractivity contribution is -0.146. The molecule has 2 aliphatic heterocycles. The summed E-state index contributed by atoms with van der Waals surface area (Å²) in [6.45, 7) is 36.6. The van der Waals surface area contributed by atoms with Gasteiger partial charge in [0.15, 0.2) is 0 Å². The number of amides is 4. The van der Waals surface area contributed by atoms with Crippen LogP contribution in [0.25, 0.3) is 0 Å². The van der Waals surface area contributed by atoms with Crippen molar-refractivity contribution in [1.29, 1.82) is 0 Å². The summed E-state index contributed by atoms with van der Waals surface area (Å²) in [4.78, 5) is 55.9. The molecule has 2 atom stereocenters. The lowest BCUT2D eigenvalue weighted by Gasteiger charge is -2.32. The smallest absolute Gasteiger partial charge is 0.233 e. The summed E-state index contributed by atoms with van der Waals surface area (Å²) in [6, 6.07) is 0. The molecule has 8 heteroatoms. The topological polar surface area (TPSA) is 96.3 Å². The molecule has 2 aliphatic rings. The highest BCUT2D eigenvalue weighted by Gasteiger charge is 2.48. The number of likely N-dealkylation sites (tertiary alicyclic amines) is 2. The number of imide groups is 2. The van der Waals surface area contributed by atoms with Crippen molar-refractivity contribution in [2.24, 2.45) is 38.7 Å². The van der Waals surface area contributed by atoms with Gasteiger partial charge in [0.05, 0.1) is 11.8 Å². The Morgan fingerprint density at radius 2 is 1.07 bits per heavy atom. The first kappa shape index (κ1) is 39.8. The molecule has 0 aliphatic carbocycles. The quantitative estimate of drug-likeness (QED) is 0.188. The Kier molecular flexibility index (Phi) is 12.9. The maximum atomic E-state index is 12.1. The Labute approximate surface area is 257 Å². The SMILES string of the molecule is CC(C)(C)/C=N/OC(C)(C)C.CC(C)(C)C1CC(=O)N(C(C)(C)C)C1=O.CC(C)(C)CN1C(=O)CC(C(C)(C)C)C1=O. The zero-order valence-electron chi connectivity index (χ0n) is 30.2.